The fourth-order valence-corrected chi connectivity index (χ4v) is 2.70. The fraction of sp³-hybridized carbons (Fsp3) is 0.538. The van der Waals surface area contributed by atoms with E-state index in [1.54, 1.807) is 11.3 Å². The number of hydrogen-bond acceptors (Lipinski definition) is 6. The summed E-state index contributed by atoms with van der Waals surface area (Å²) in [5.41, 5.74) is 2.70. The quantitative estimate of drug-likeness (QED) is 0.668. The van der Waals surface area contributed by atoms with E-state index in [0.29, 0.717) is 12.0 Å². The van der Waals surface area contributed by atoms with Crippen molar-refractivity contribution in [3.63, 3.8) is 0 Å². The number of thiophene rings is 1. The lowest BCUT2D eigenvalue weighted by atomic mass is 9.87. The molecule has 19 heavy (non-hydrogen) atoms. The van der Waals surface area contributed by atoms with E-state index < -0.39 is 0 Å². The van der Waals surface area contributed by atoms with Crippen molar-refractivity contribution in [2.24, 2.45) is 11.3 Å². The summed E-state index contributed by atoms with van der Waals surface area (Å²) in [6.07, 6.45) is 0. The smallest absolute Gasteiger partial charge is 0.240 e. The number of nitrogens with zero attached hydrogens (tertiary/aromatic N) is 3. The first-order chi connectivity index (χ1) is 8.84. The number of nitrogens with two attached hydrogens (primary N) is 1. The van der Waals surface area contributed by atoms with Gasteiger partial charge >= 0.3 is 0 Å². The zero-order chi connectivity index (χ0) is 14.2. The fourth-order valence-electron chi connectivity index (χ4n) is 1.94. The molecule has 2 aromatic heterocycles. The molecule has 2 heterocycles. The average Bonchev–Trinajstić information content (AvgIpc) is 2.82. The van der Waals surface area contributed by atoms with E-state index in [1.165, 1.54) is 0 Å². The third-order valence-corrected chi connectivity index (χ3v) is 4.41. The van der Waals surface area contributed by atoms with Crippen molar-refractivity contribution in [2.75, 3.05) is 17.4 Å². The van der Waals surface area contributed by atoms with Crippen molar-refractivity contribution in [3.8, 4) is 0 Å². The molecular formula is C13H21N5S. The number of rotatable bonds is 3. The third kappa shape index (κ3) is 2.64. The number of hydrazine groups is 1. The van der Waals surface area contributed by atoms with Gasteiger partial charge in [0.2, 0.25) is 5.95 Å². The van der Waals surface area contributed by atoms with Gasteiger partial charge in [0.15, 0.2) is 0 Å². The van der Waals surface area contributed by atoms with Gasteiger partial charge in [-0.15, -0.1) is 11.3 Å². The van der Waals surface area contributed by atoms with E-state index in [1.807, 2.05) is 5.38 Å². The molecule has 2 aromatic rings. The number of anilines is 2. The lowest BCUT2D eigenvalue weighted by Gasteiger charge is -2.36. The molecule has 0 fully saturated rings. The molecule has 6 heteroatoms. The van der Waals surface area contributed by atoms with Crippen LogP contribution < -0.4 is 16.2 Å². The second-order valence-corrected chi connectivity index (χ2v) is 6.70. The molecule has 0 saturated carbocycles. The first-order valence-corrected chi connectivity index (χ1v) is 7.17. The lowest BCUT2D eigenvalue weighted by molar-refractivity contribution is 0.329. The van der Waals surface area contributed by atoms with Gasteiger partial charge in [-0.05, 0) is 23.8 Å². The Labute approximate surface area is 117 Å². The molecule has 0 saturated heterocycles. The summed E-state index contributed by atoms with van der Waals surface area (Å²) in [6, 6.07) is 2.40. The van der Waals surface area contributed by atoms with Gasteiger partial charge in [0, 0.05) is 13.1 Å². The Bertz CT molecular complexity index is 572. The van der Waals surface area contributed by atoms with Gasteiger partial charge in [0.05, 0.1) is 5.39 Å². The zero-order valence-corrected chi connectivity index (χ0v) is 12.9. The van der Waals surface area contributed by atoms with Gasteiger partial charge in [0.25, 0.3) is 0 Å². The summed E-state index contributed by atoms with van der Waals surface area (Å²) < 4.78 is 0. The predicted molar refractivity (Wildman–Crippen MR) is 82.5 cm³/mol. The van der Waals surface area contributed by atoms with Gasteiger partial charge < -0.3 is 4.90 Å². The Kier molecular flexibility index (Phi) is 3.64. The SMILES string of the molecule is CC(N(C)c1nc(NN)nc2sccc12)C(C)(C)C. The molecule has 2 rings (SSSR count). The van der Waals surface area contributed by atoms with Crippen LogP contribution >= 0.6 is 11.3 Å². The zero-order valence-electron chi connectivity index (χ0n) is 12.1. The Morgan fingerprint density at radius 2 is 2.05 bits per heavy atom. The highest BCUT2D eigenvalue weighted by molar-refractivity contribution is 7.16. The maximum atomic E-state index is 5.45. The Balaban J connectivity index is 2.51. The van der Waals surface area contributed by atoms with Crippen LogP contribution in [0.2, 0.25) is 0 Å². The Morgan fingerprint density at radius 1 is 1.37 bits per heavy atom. The second kappa shape index (κ2) is 4.94. The minimum atomic E-state index is 0.165. The van der Waals surface area contributed by atoms with Crippen molar-refractivity contribution in [2.45, 2.75) is 33.7 Å². The molecule has 0 aliphatic rings. The van der Waals surface area contributed by atoms with Crippen LogP contribution in [0.1, 0.15) is 27.7 Å². The van der Waals surface area contributed by atoms with Crippen LogP contribution in [0.5, 0.6) is 0 Å². The first kappa shape index (κ1) is 14.0. The predicted octanol–water partition coefficient (Wildman–Crippen LogP) is 2.85. The van der Waals surface area contributed by atoms with Crippen LogP contribution in [0.3, 0.4) is 0 Å². The number of aromatic nitrogens is 2. The first-order valence-electron chi connectivity index (χ1n) is 6.29. The van der Waals surface area contributed by atoms with E-state index in [4.69, 9.17) is 5.84 Å². The molecule has 0 amide bonds. The lowest BCUT2D eigenvalue weighted by Crippen LogP contribution is -2.40. The standard InChI is InChI=1S/C13H21N5S/c1-8(13(2,3)4)18(5)10-9-6-7-19-11(9)16-12(15-10)17-14/h6-8H,14H2,1-5H3,(H,15,16,17). The van der Waals surface area contributed by atoms with E-state index in [2.05, 4.69) is 61.1 Å². The summed E-state index contributed by atoms with van der Waals surface area (Å²) >= 11 is 1.59. The highest BCUT2D eigenvalue weighted by Crippen LogP contribution is 2.32. The molecule has 0 spiro atoms. The van der Waals surface area contributed by atoms with Crippen LogP contribution in [0.25, 0.3) is 10.2 Å². The van der Waals surface area contributed by atoms with E-state index >= 15 is 0 Å². The van der Waals surface area contributed by atoms with Crippen molar-refractivity contribution in [1.29, 1.82) is 0 Å². The molecule has 1 unspecified atom stereocenters. The topological polar surface area (TPSA) is 67.1 Å². The maximum absolute atomic E-state index is 5.45. The summed E-state index contributed by atoms with van der Waals surface area (Å²) in [4.78, 5) is 12.0. The van der Waals surface area contributed by atoms with E-state index in [-0.39, 0.29) is 5.41 Å². The number of hydrogen-bond donors (Lipinski definition) is 2. The highest BCUT2D eigenvalue weighted by atomic mass is 32.1. The summed E-state index contributed by atoms with van der Waals surface area (Å²) in [7, 11) is 2.07. The van der Waals surface area contributed by atoms with Gasteiger partial charge in [-0.2, -0.15) is 4.98 Å². The van der Waals surface area contributed by atoms with E-state index in [0.717, 1.165) is 16.0 Å². The monoisotopic (exact) mass is 279 g/mol. The summed E-state index contributed by atoms with van der Waals surface area (Å²) in [5, 5.41) is 3.10. The maximum Gasteiger partial charge on any atom is 0.240 e. The summed E-state index contributed by atoms with van der Waals surface area (Å²) in [5.74, 6) is 6.83. The molecule has 1 atom stereocenters. The molecule has 0 aromatic carbocycles. The second-order valence-electron chi connectivity index (χ2n) is 5.81. The van der Waals surface area contributed by atoms with Gasteiger partial charge in [-0.25, -0.2) is 10.8 Å². The van der Waals surface area contributed by atoms with Gasteiger partial charge in [0.1, 0.15) is 10.6 Å². The van der Waals surface area contributed by atoms with Crippen LogP contribution in [0.4, 0.5) is 11.8 Å². The summed E-state index contributed by atoms with van der Waals surface area (Å²) in [6.45, 7) is 8.88. The van der Waals surface area contributed by atoms with Crippen molar-refractivity contribution >= 4 is 33.3 Å². The van der Waals surface area contributed by atoms with Crippen LogP contribution in [0.15, 0.2) is 11.4 Å². The van der Waals surface area contributed by atoms with Crippen LogP contribution in [-0.2, 0) is 0 Å². The van der Waals surface area contributed by atoms with Crippen molar-refractivity contribution in [1.82, 2.24) is 9.97 Å². The Hall–Kier alpha value is -1.40. The Morgan fingerprint density at radius 3 is 2.63 bits per heavy atom. The molecule has 3 N–H and O–H groups in total. The minimum absolute atomic E-state index is 0.165. The number of fused-ring (bicyclic) bond motifs is 1. The number of nitrogens with one attached hydrogen (secondary N) is 1. The molecule has 5 nitrogen and oxygen atoms in total. The van der Waals surface area contributed by atoms with Crippen molar-refractivity contribution in [3.05, 3.63) is 11.4 Å². The van der Waals surface area contributed by atoms with Crippen LogP contribution in [0, 0.1) is 5.41 Å². The number of nitrogen functional groups attached to an aromatic ring is 1. The normalized spacial score (nSPS) is 13.6. The molecule has 0 bridgehead atoms. The largest absolute Gasteiger partial charge is 0.356 e. The molecule has 0 aliphatic carbocycles. The van der Waals surface area contributed by atoms with E-state index in [9.17, 15) is 0 Å². The minimum Gasteiger partial charge on any atom is -0.356 e. The van der Waals surface area contributed by atoms with Gasteiger partial charge in [-0.3, -0.25) is 5.43 Å². The molecule has 104 valence electrons. The van der Waals surface area contributed by atoms with Crippen LogP contribution in [-0.4, -0.2) is 23.1 Å². The molecule has 0 aliphatic heterocycles. The van der Waals surface area contributed by atoms with Crippen molar-refractivity contribution < 1.29 is 0 Å². The molecular weight excluding hydrogens is 258 g/mol. The van der Waals surface area contributed by atoms with Gasteiger partial charge in [-0.1, -0.05) is 20.8 Å². The third-order valence-electron chi connectivity index (χ3n) is 3.60. The average molecular weight is 279 g/mol. The highest BCUT2D eigenvalue weighted by Gasteiger charge is 2.26. The molecule has 0 radical (unpaired) electrons.